The fraction of sp³-hybridized carbons (Fsp3) is 0.125. The Labute approximate surface area is 85.9 Å². The standard InChI is InChI=1S/C8H8FNO4S/c1-14-8(11)6-4-5(10)2-3-7(6)15(9,12)13/h2-4H,10H2,1H3. The maximum absolute atomic E-state index is 12.7. The molecule has 0 bridgehead atoms. The van der Waals surface area contributed by atoms with E-state index in [0.29, 0.717) is 0 Å². The van der Waals surface area contributed by atoms with E-state index in [1.54, 1.807) is 0 Å². The Kier molecular flexibility index (Phi) is 2.94. The maximum Gasteiger partial charge on any atom is 0.339 e. The Balaban J connectivity index is 3.47. The van der Waals surface area contributed by atoms with Crippen LogP contribution in [0.5, 0.6) is 0 Å². The molecule has 1 aromatic carbocycles. The zero-order valence-corrected chi connectivity index (χ0v) is 8.55. The summed E-state index contributed by atoms with van der Waals surface area (Å²) < 4.78 is 38.4. The van der Waals surface area contributed by atoms with Gasteiger partial charge < -0.3 is 10.5 Å². The number of carbonyl (C=O) groups is 1. The highest BCUT2D eigenvalue weighted by Gasteiger charge is 2.22. The molecule has 0 amide bonds. The van der Waals surface area contributed by atoms with E-state index in [-0.39, 0.29) is 5.69 Å². The van der Waals surface area contributed by atoms with Gasteiger partial charge in [0.05, 0.1) is 12.7 Å². The minimum atomic E-state index is -4.96. The number of nitrogens with two attached hydrogens (primary N) is 1. The molecule has 1 rings (SSSR count). The Bertz CT molecular complexity index is 497. The minimum absolute atomic E-state index is 0.141. The van der Waals surface area contributed by atoms with E-state index < -0.39 is 26.7 Å². The van der Waals surface area contributed by atoms with Crippen LogP contribution in [-0.2, 0) is 15.0 Å². The number of carbonyl (C=O) groups excluding carboxylic acids is 1. The normalized spacial score (nSPS) is 11.1. The van der Waals surface area contributed by atoms with Gasteiger partial charge in [0.1, 0.15) is 4.90 Å². The molecule has 0 atom stereocenters. The number of methoxy groups -OCH3 is 1. The van der Waals surface area contributed by atoms with Crippen LogP contribution >= 0.6 is 0 Å². The summed E-state index contributed by atoms with van der Waals surface area (Å²) in [5, 5.41) is 0. The lowest BCUT2D eigenvalue weighted by Gasteiger charge is -2.04. The Morgan fingerprint density at radius 1 is 1.47 bits per heavy atom. The zero-order valence-electron chi connectivity index (χ0n) is 7.73. The first-order valence-electron chi connectivity index (χ1n) is 3.78. The third kappa shape index (κ3) is 2.44. The molecule has 82 valence electrons. The number of rotatable bonds is 2. The van der Waals surface area contributed by atoms with Crippen molar-refractivity contribution in [2.45, 2.75) is 4.90 Å². The summed E-state index contributed by atoms with van der Waals surface area (Å²) in [4.78, 5) is 10.4. The van der Waals surface area contributed by atoms with Gasteiger partial charge in [0.25, 0.3) is 0 Å². The van der Waals surface area contributed by atoms with Crippen molar-refractivity contribution in [2.75, 3.05) is 12.8 Å². The van der Waals surface area contributed by atoms with Crippen LogP contribution in [0.3, 0.4) is 0 Å². The summed E-state index contributed by atoms with van der Waals surface area (Å²) in [6.07, 6.45) is 0. The molecule has 0 radical (unpaired) electrons. The second-order valence-electron chi connectivity index (χ2n) is 2.69. The van der Waals surface area contributed by atoms with E-state index in [9.17, 15) is 17.1 Å². The molecule has 0 aliphatic carbocycles. The quantitative estimate of drug-likeness (QED) is 0.462. The smallest absolute Gasteiger partial charge is 0.339 e. The molecule has 0 spiro atoms. The van der Waals surface area contributed by atoms with Gasteiger partial charge in [-0.25, -0.2) is 4.79 Å². The largest absolute Gasteiger partial charge is 0.465 e. The van der Waals surface area contributed by atoms with Gasteiger partial charge in [-0.15, -0.1) is 3.89 Å². The molecule has 0 saturated heterocycles. The van der Waals surface area contributed by atoms with Gasteiger partial charge in [-0.05, 0) is 18.2 Å². The summed E-state index contributed by atoms with van der Waals surface area (Å²) in [7, 11) is -3.91. The van der Waals surface area contributed by atoms with Crippen LogP contribution in [0.15, 0.2) is 23.1 Å². The van der Waals surface area contributed by atoms with Crippen LogP contribution in [0.2, 0.25) is 0 Å². The monoisotopic (exact) mass is 233 g/mol. The van der Waals surface area contributed by atoms with Gasteiger partial charge in [-0.2, -0.15) is 8.42 Å². The first-order valence-corrected chi connectivity index (χ1v) is 5.17. The van der Waals surface area contributed by atoms with Crippen molar-refractivity contribution < 1.29 is 21.8 Å². The number of nitrogen functional groups attached to an aromatic ring is 1. The predicted molar refractivity (Wildman–Crippen MR) is 50.5 cm³/mol. The van der Waals surface area contributed by atoms with Crippen molar-refractivity contribution in [3.63, 3.8) is 0 Å². The molecule has 15 heavy (non-hydrogen) atoms. The fourth-order valence-corrected chi connectivity index (χ4v) is 1.67. The number of benzene rings is 1. The molecule has 0 heterocycles. The summed E-state index contributed by atoms with van der Waals surface area (Å²) in [6.45, 7) is 0. The molecule has 1 aromatic rings. The lowest BCUT2D eigenvalue weighted by Crippen LogP contribution is -2.08. The average Bonchev–Trinajstić information content (AvgIpc) is 2.14. The number of hydrogen-bond donors (Lipinski definition) is 1. The number of anilines is 1. The number of hydrogen-bond acceptors (Lipinski definition) is 5. The van der Waals surface area contributed by atoms with Crippen LogP contribution in [0.1, 0.15) is 10.4 Å². The molecule has 0 unspecified atom stereocenters. The first-order chi connectivity index (χ1) is 6.86. The number of halogens is 1. The van der Waals surface area contributed by atoms with Crippen LogP contribution in [0.4, 0.5) is 9.57 Å². The van der Waals surface area contributed by atoms with Crippen molar-refractivity contribution in [1.29, 1.82) is 0 Å². The molecule has 2 N–H and O–H groups in total. The maximum atomic E-state index is 12.7. The Morgan fingerprint density at radius 2 is 2.07 bits per heavy atom. The first kappa shape index (κ1) is 11.4. The molecular weight excluding hydrogens is 225 g/mol. The summed E-state index contributed by atoms with van der Waals surface area (Å²) >= 11 is 0. The van der Waals surface area contributed by atoms with Crippen LogP contribution in [0.25, 0.3) is 0 Å². The second-order valence-corrected chi connectivity index (χ2v) is 4.00. The van der Waals surface area contributed by atoms with E-state index in [0.717, 1.165) is 19.2 Å². The highest BCUT2D eigenvalue weighted by atomic mass is 32.3. The molecule has 0 aliphatic heterocycles. The van der Waals surface area contributed by atoms with Crippen molar-refractivity contribution in [3.05, 3.63) is 23.8 Å². The molecule has 0 aromatic heterocycles. The highest BCUT2D eigenvalue weighted by Crippen LogP contribution is 2.21. The third-order valence-electron chi connectivity index (χ3n) is 1.67. The summed E-state index contributed by atoms with van der Waals surface area (Å²) in [5.41, 5.74) is 5.06. The van der Waals surface area contributed by atoms with Crippen molar-refractivity contribution in [2.24, 2.45) is 0 Å². The Hall–Kier alpha value is -1.63. The Morgan fingerprint density at radius 3 is 2.53 bits per heavy atom. The molecule has 0 aliphatic rings. The van der Waals surface area contributed by atoms with E-state index in [4.69, 9.17) is 5.73 Å². The van der Waals surface area contributed by atoms with Gasteiger partial charge in [-0.3, -0.25) is 0 Å². The van der Waals surface area contributed by atoms with Crippen LogP contribution in [-0.4, -0.2) is 21.5 Å². The van der Waals surface area contributed by atoms with Gasteiger partial charge in [-0.1, -0.05) is 0 Å². The molecule has 5 nitrogen and oxygen atoms in total. The molecule has 0 saturated carbocycles. The average molecular weight is 233 g/mol. The van der Waals surface area contributed by atoms with Gasteiger partial charge >= 0.3 is 16.2 Å². The lowest BCUT2D eigenvalue weighted by atomic mass is 10.2. The summed E-state index contributed by atoms with van der Waals surface area (Å²) in [5.74, 6) is -0.960. The predicted octanol–water partition coefficient (Wildman–Crippen LogP) is 0.714. The fourth-order valence-electron chi connectivity index (χ4n) is 1.03. The SMILES string of the molecule is COC(=O)c1cc(N)ccc1S(=O)(=O)F. The van der Waals surface area contributed by atoms with Crippen molar-refractivity contribution in [3.8, 4) is 0 Å². The van der Waals surface area contributed by atoms with Gasteiger partial charge in [0, 0.05) is 5.69 Å². The van der Waals surface area contributed by atoms with Crippen LogP contribution < -0.4 is 5.73 Å². The molecule has 0 fully saturated rings. The second kappa shape index (κ2) is 3.85. The molecular formula is C8H8FNO4S. The number of ether oxygens (including phenoxy) is 1. The zero-order chi connectivity index (χ0) is 11.6. The number of esters is 1. The van der Waals surface area contributed by atoms with Gasteiger partial charge in [0.2, 0.25) is 0 Å². The van der Waals surface area contributed by atoms with Crippen molar-refractivity contribution in [1.82, 2.24) is 0 Å². The van der Waals surface area contributed by atoms with E-state index >= 15 is 0 Å². The topological polar surface area (TPSA) is 86.5 Å². The lowest BCUT2D eigenvalue weighted by molar-refractivity contribution is 0.0596. The van der Waals surface area contributed by atoms with Crippen molar-refractivity contribution >= 4 is 21.9 Å². The van der Waals surface area contributed by atoms with E-state index in [1.165, 1.54) is 6.07 Å². The third-order valence-corrected chi connectivity index (χ3v) is 2.55. The van der Waals surface area contributed by atoms with E-state index in [2.05, 4.69) is 4.74 Å². The highest BCUT2D eigenvalue weighted by molar-refractivity contribution is 7.86. The van der Waals surface area contributed by atoms with Gasteiger partial charge in [0.15, 0.2) is 0 Å². The van der Waals surface area contributed by atoms with Crippen LogP contribution in [0, 0.1) is 0 Å². The summed E-state index contributed by atoms with van der Waals surface area (Å²) in [6, 6.07) is 3.13. The minimum Gasteiger partial charge on any atom is -0.465 e. The molecule has 7 heteroatoms. The van der Waals surface area contributed by atoms with E-state index in [1.807, 2.05) is 0 Å².